The predicted octanol–water partition coefficient (Wildman–Crippen LogP) is 2.97. The average Bonchev–Trinajstić information content (AvgIpc) is 3.26. The van der Waals surface area contributed by atoms with Crippen LogP contribution in [-0.2, 0) is 0 Å². The number of furan rings is 1. The number of methoxy groups -OCH3 is 1. The molecule has 3 aliphatic heterocycles. The second kappa shape index (κ2) is 6.49. The molecule has 1 atom stereocenters. The first kappa shape index (κ1) is 15.5. The molecule has 2 aromatic heterocycles. The van der Waals surface area contributed by atoms with Gasteiger partial charge in [0.15, 0.2) is 5.06 Å². The number of amides is 1. The summed E-state index contributed by atoms with van der Waals surface area (Å²) in [5, 5.41) is 3.80. The highest BCUT2D eigenvalue weighted by atomic mass is 32.1. The Hall–Kier alpha value is -1.99. The highest BCUT2D eigenvalue weighted by molar-refractivity contribution is 7.15. The molecule has 128 valence electrons. The minimum absolute atomic E-state index is 0.0226. The Balaban J connectivity index is 1.38. The van der Waals surface area contributed by atoms with Crippen LogP contribution in [0.25, 0.3) is 0 Å². The van der Waals surface area contributed by atoms with Gasteiger partial charge in [0, 0.05) is 24.7 Å². The summed E-state index contributed by atoms with van der Waals surface area (Å²) in [6.45, 7) is 3.30. The van der Waals surface area contributed by atoms with Gasteiger partial charge in [-0.05, 0) is 44.0 Å². The summed E-state index contributed by atoms with van der Waals surface area (Å²) in [5.74, 6) is 1.33. The van der Waals surface area contributed by atoms with Crippen molar-refractivity contribution in [2.45, 2.75) is 18.9 Å². The third-order valence-electron chi connectivity index (χ3n) is 4.74. The lowest BCUT2D eigenvalue weighted by atomic mass is 9.84. The standard InChI is InChI=1S/C17H20N2O4S/c1-21-14-3-4-15(22-14)23-16-5-2-13(24-16)17(20)18-12-10-19-8-6-11(12)7-9-19/h2-5,11-12H,6-10H2,1H3,(H,18,20). The Kier molecular flexibility index (Phi) is 4.20. The first-order chi connectivity index (χ1) is 11.7. The van der Waals surface area contributed by atoms with Gasteiger partial charge in [0.05, 0.1) is 12.0 Å². The van der Waals surface area contributed by atoms with Crippen LogP contribution >= 0.6 is 11.3 Å². The second-order valence-corrected chi connectivity index (χ2v) is 7.26. The number of hydrogen-bond donors (Lipinski definition) is 1. The molecule has 0 spiro atoms. The lowest BCUT2D eigenvalue weighted by Gasteiger charge is -2.44. The van der Waals surface area contributed by atoms with Crippen molar-refractivity contribution in [2.24, 2.45) is 5.92 Å². The van der Waals surface area contributed by atoms with Crippen molar-refractivity contribution >= 4 is 17.2 Å². The summed E-state index contributed by atoms with van der Waals surface area (Å²) in [7, 11) is 1.53. The smallest absolute Gasteiger partial charge is 0.293 e. The molecule has 1 amide bonds. The molecule has 3 aliphatic rings. The molecule has 6 nitrogen and oxygen atoms in total. The lowest BCUT2D eigenvalue weighted by molar-refractivity contribution is 0.0622. The highest BCUT2D eigenvalue weighted by Gasteiger charge is 2.35. The molecule has 2 aromatic rings. The Morgan fingerprint density at radius 3 is 2.71 bits per heavy atom. The van der Waals surface area contributed by atoms with Crippen LogP contribution in [0.1, 0.15) is 22.5 Å². The van der Waals surface area contributed by atoms with Crippen molar-refractivity contribution in [2.75, 3.05) is 26.7 Å². The average molecular weight is 348 g/mol. The zero-order valence-corrected chi connectivity index (χ0v) is 14.3. The number of nitrogens with one attached hydrogen (secondary N) is 1. The molecular formula is C17H20N2O4S. The fraction of sp³-hybridized carbons (Fsp3) is 0.471. The fourth-order valence-electron chi connectivity index (χ4n) is 3.43. The second-order valence-electron chi connectivity index (χ2n) is 6.22. The predicted molar refractivity (Wildman–Crippen MR) is 90.1 cm³/mol. The molecule has 24 heavy (non-hydrogen) atoms. The Morgan fingerprint density at radius 2 is 2.04 bits per heavy atom. The molecule has 5 heterocycles. The van der Waals surface area contributed by atoms with E-state index in [1.807, 2.05) is 0 Å². The number of piperidine rings is 3. The largest absolute Gasteiger partial charge is 0.468 e. The van der Waals surface area contributed by atoms with Gasteiger partial charge in [-0.15, -0.1) is 0 Å². The van der Waals surface area contributed by atoms with E-state index in [4.69, 9.17) is 13.9 Å². The van der Waals surface area contributed by atoms with E-state index in [1.165, 1.54) is 44.4 Å². The van der Waals surface area contributed by atoms with Crippen LogP contribution in [-0.4, -0.2) is 43.6 Å². The quantitative estimate of drug-likeness (QED) is 0.900. The first-order valence-electron chi connectivity index (χ1n) is 8.16. The molecule has 0 radical (unpaired) electrons. The van der Waals surface area contributed by atoms with Crippen molar-refractivity contribution in [3.05, 3.63) is 29.1 Å². The number of ether oxygens (including phenoxy) is 2. The molecule has 5 rings (SSSR count). The maximum absolute atomic E-state index is 12.5. The van der Waals surface area contributed by atoms with Gasteiger partial charge in [-0.2, -0.15) is 0 Å². The van der Waals surface area contributed by atoms with Gasteiger partial charge in [-0.3, -0.25) is 4.79 Å². The Morgan fingerprint density at radius 1 is 1.25 bits per heavy atom. The van der Waals surface area contributed by atoms with E-state index in [-0.39, 0.29) is 11.9 Å². The minimum atomic E-state index is -0.0226. The van der Waals surface area contributed by atoms with Crippen LogP contribution < -0.4 is 14.8 Å². The summed E-state index contributed by atoms with van der Waals surface area (Å²) < 4.78 is 15.9. The summed E-state index contributed by atoms with van der Waals surface area (Å²) in [4.78, 5) is 15.6. The Bertz CT molecular complexity index is 718. The van der Waals surface area contributed by atoms with Gasteiger partial charge in [0.25, 0.3) is 17.8 Å². The molecule has 7 heteroatoms. The molecule has 1 N–H and O–H groups in total. The van der Waals surface area contributed by atoms with Gasteiger partial charge in [0.1, 0.15) is 0 Å². The van der Waals surface area contributed by atoms with Gasteiger partial charge in [0.2, 0.25) is 0 Å². The van der Waals surface area contributed by atoms with Crippen molar-refractivity contribution in [3.8, 4) is 17.0 Å². The number of thiophene rings is 1. The lowest BCUT2D eigenvalue weighted by Crippen LogP contribution is -2.57. The van der Waals surface area contributed by atoms with Crippen molar-refractivity contribution < 1.29 is 18.7 Å². The molecule has 3 saturated heterocycles. The SMILES string of the molecule is COc1ccc(Oc2ccc(C(=O)NC3CN4CCC3CC4)s2)o1. The summed E-state index contributed by atoms with van der Waals surface area (Å²) in [6.07, 6.45) is 2.37. The molecular weight excluding hydrogens is 328 g/mol. The molecule has 0 saturated carbocycles. The van der Waals surface area contributed by atoms with Crippen LogP contribution in [0.4, 0.5) is 0 Å². The first-order valence-corrected chi connectivity index (χ1v) is 8.97. The number of hydrogen-bond acceptors (Lipinski definition) is 6. The minimum Gasteiger partial charge on any atom is -0.468 e. The van der Waals surface area contributed by atoms with E-state index in [9.17, 15) is 4.79 Å². The zero-order valence-electron chi connectivity index (χ0n) is 13.5. The van der Waals surface area contributed by atoms with Crippen LogP contribution in [0.15, 0.2) is 28.7 Å². The number of rotatable bonds is 5. The van der Waals surface area contributed by atoms with Crippen LogP contribution in [0.2, 0.25) is 0 Å². The summed E-state index contributed by atoms with van der Waals surface area (Å²) in [6, 6.07) is 7.21. The summed E-state index contributed by atoms with van der Waals surface area (Å²) >= 11 is 1.31. The number of fused-ring (bicyclic) bond motifs is 3. The molecule has 1 unspecified atom stereocenters. The van der Waals surface area contributed by atoms with Gasteiger partial charge < -0.3 is 24.1 Å². The third kappa shape index (κ3) is 3.14. The highest BCUT2D eigenvalue weighted by Crippen LogP contribution is 2.33. The molecule has 0 aromatic carbocycles. The van der Waals surface area contributed by atoms with E-state index in [0.29, 0.717) is 27.8 Å². The van der Waals surface area contributed by atoms with Crippen molar-refractivity contribution in [3.63, 3.8) is 0 Å². The van der Waals surface area contributed by atoms with Crippen LogP contribution in [0.5, 0.6) is 17.0 Å². The van der Waals surface area contributed by atoms with E-state index < -0.39 is 0 Å². The zero-order chi connectivity index (χ0) is 16.5. The van der Waals surface area contributed by atoms with Gasteiger partial charge in [-0.1, -0.05) is 11.3 Å². The van der Waals surface area contributed by atoms with E-state index in [1.54, 1.807) is 24.3 Å². The summed E-state index contributed by atoms with van der Waals surface area (Å²) in [5.41, 5.74) is 0. The van der Waals surface area contributed by atoms with Gasteiger partial charge in [-0.25, -0.2) is 0 Å². The van der Waals surface area contributed by atoms with Gasteiger partial charge >= 0.3 is 0 Å². The van der Waals surface area contributed by atoms with Crippen LogP contribution in [0.3, 0.4) is 0 Å². The van der Waals surface area contributed by atoms with Crippen LogP contribution in [0, 0.1) is 5.92 Å². The topological polar surface area (TPSA) is 63.9 Å². The molecule has 0 aliphatic carbocycles. The van der Waals surface area contributed by atoms with E-state index >= 15 is 0 Å². The number of nitrogens with zero attached hydrogens (tertiary/aromatic N) is 1. The van der Waals surface area contributed by atoms with E-state index in [2.05, 4.69) is 10.2 Å². The third-order valence-corrected chi connectivity index (χ3v) is 5.70. The van der Waals surface area contributed by atoms with E-state index in [0.717, 1.165) is 6.54 Å². The molecule has 2 bridgehead atoms. The molecule has 3 fully saturated rings. The maximum Gasteiger partial charge on any atom is 0.293 e. The Labute approximate surface area is 144 Å². The maximum atomic E-state index is 12.5. The normalized spacial score (nSPS) is 25.5. The van der Waals surface area contributed by atoms with Crippen molar-refractivity contribution in [1.29, 1.82) is 0 Å². The number of carbonyl (C=O) groups is 1. The van der Waals surface area contributed by atoms with Crippen molar-refractivity contribution in [1.82, 2.24) is 10.2 Å². The fourth-order valence-corrected chi connectivity index (χ4v) is 4.20. The monoisotopic (exact) mass is 348 g/mol. The number of carbonyl (C=O) groups excluding carboxylic acids is 1.